The molecule has 1 aromatic rings. The van der Waals surface area contributed by atoms with Crippen LogP contribution in [0.2, 0.25) is 0 Å². The molecule has 1 saturated heterocycles. The largest absolute Gasteiger partial charge is 0.480 e. The Balaban J connectivity index is 1.95. The summed E-state index contributed by atoms with van der Waals surface area (Å²) in [7, 11) is 0. The van der Waals surface area contributed by atoms with Gasteiger partial charge in [-0.05, 0) is 25.3 Å². The lowest BCUT2D eigenvalue weighted by molar-refractivity contribution is -0.142. The minimum atomic E-state index is -1.17. The van der Waals surface area contributed by atoms with Crippen molar-refractivity contribution in [1.82, 2.24) is 15.5 Å². The van der Waals surface area contributed by atoms with E-state index in [0.29, 0.717) is 19.4 Å². The van der Waals surface area contributed by atoms with Gasteiger partial charge >= 0.3 is 5.97 Å². The van der Waals surface area contributed by atoms with Crippen molar-refractivity contribution in [2.24, 2.45) is 5.73 Å². The topological polar surface area (TPSA) is 142 Å². The number of amides is 3. The average molecular weight is 437 g/mol. The molecule has 4 unspecified atom stereocenters. The van der Waals surface area contributed by atoms with Crippen molar-refractivity contribution in [2.75, 3.05) is 12.3 Å². The highest BCUT2D eigenvalue weighted by Gasteiger charge is 2.37. The quantitative estimate of drug-likeness (QED) is 0.332. The number of nitrogens with zero attached hydrogens (tertiary/aromatic N) is 1. The van der Waals surface area contributed by atoms with E-state index in [1.54, 1.807) is 24.3 Å². The van der Waals surface area contributed by atoms with Crippen LogP contribution in [0, 0.1) is 0 Å². The maximum Gasteiger partial charge on any atom is 0.326 e. The van der Waals surface area contributed by atoms with Gasteiger partial charge in [0.25, 0.3) is 0 Å². The minimum Gasteiger partial charge on any atom is -0.480 e. The van der Waals surface area contributed by atoms with Gasteiger partial charge in [0.15, 0.2) is 0 Å². The number of carboxylic acids is 1. The zero-order valence-corrected chi connectivity index (χ0v) is 17.7. The summed E-state index contributed by atoms with van der Waals surface area (Å²) in [6.07, 6.45) is 1.24. The highest BCUT2D eigenvalue weighted by Crippen LogP contribution is 2.18. The number of aliphatic carboxylic acids is 1. The lowest BCUT2D eigenvalue weighted by Gasteiger charge is -2.27. The average Bonchev–Trinajstić information content (AvgIpc) is 3.22. The van der Waals surface area contributed by atoms with E-state index in [1.165, 1.54) is 11.8 Å². The summed E-state index contributed by atoms with van der Waals surface area (Å²) in [6.45, 7) is 1.88. The van der Waals surface area contributed by atoms with Crippen LogP contribution in [0.25, 0.3) is 0 Å². The standard InChI is InChI=1S/C20H28N4O5S/c1-12(17(25)23-15(20(28)29)10-13-6-3-2-4-7-13)22-18(26)16-8-5-9-24(16)19(27)14(21)11-30/h2-4,6-7,12,14-16,30H,5,8-11,21H2,1H3,(H,22,26)(H,23,25)(H,28,29). The van der Waals surface area contributed by atoms with Crippen LogP contribution in [-0.2, 0) is 25.6 Å². The van der Waals surface area contributed by atoms with Crippen LogP contribution in [0.3, 0.4) is 0 Å². The van der Waals surface area contributed by atoms with Crippen LogP contribution in [0.1, 0.15) is 25.3 Å². The van der Waals surface area contributed by atoms with E-state index in [1.807, 2.05) is 6.07 Å². The molecule has 1 fully saturated rings. The number of likely N-dealkylation sites (tertiary alicyclic amines) is 1. The molecular weight excluding hydrogens is 408 g/mol. The predicted octanol–water partition coefficient (Wildman–Crippen LogP) is -0.449. The van der Waals surface area contributed by atoms with Crippen molar-refractivity contribution in [2.45, 2.75) is 50.4 Å². The second-order valence-electron chi connectivity index (χ2n) is 7.30. The third kappa shape index (κ3) is 6.20. The first kappa shape index (κ1) is 23.7. The van der Waals surface area contributed by atoms with E-state index in [9.17, 15) is 24.3 Å². The second kappa shape index (κ2) is 11.0. The number of nitrogens with two attached hydrogens (primary N) is 1. The first-order valence-electron chi connectivity index (χ1n) is 9.79. The van der Waals surface area contributed by atoms with Crippen molar-refractivity contribution in [3.05, 3.63) is 35.9 Å². The normalized spacial score (nSPS) is 18.9. The van der Waals surface area contributed by atoms with Crippen LogP contribution >= 0.6 is 12.6 Å². The van der Waals surface area contributed by atoms with Gasteiger partial charge in [0.1, 0.15) is 18.1 Å². The molecule has 3 amide bonds. The molecule has 0 saturated carbocycles. The van der Waals surface area contributed by atoms with Crippen LogP contribution in [0.15, 0.2) is 30.3 Å². The fourth-order valence-corrected chi connectivity index (χ4v) is 3.47. The predicted molar refractivity (Wildman–Crippen MR) is 114 cm³/mol. The summed E-state index contributed by atoms with van der Waals surface area (Å²) in [5.74, 6) is -2.44. The van der Waals surface area contributed by atoms with E-state index in [4.69, 9.17) is 5.73 Å². The number of carbonyl (C=O) groups is 4. The molecule has 1 aliphatic heterocycles. The van der Waals surface area contributed by atoms with Gasteiger partial charge in [0.05, 0.1) is 6.04 Å². The molecule has 1 aliphatic rings. The Morgan fingerprint density at radius 2 is 1.90 bits per heavy atom. The van der Waals surface area contributed by atoms with Gasteiger partial charge in [-0.1, -0.05) is 30.3 Å². The molecule has 1 aromatic carbocycles. The number of hydrogen-bond donors (Lipinski definition) is 5. The molecule has 164 valence electrons. The lowest BCUT2D eigenvalue weighted by Crippen LogP contribution is -2.56. The van der Waals surface area contributed by atoms with Gasteiger partial charge in [-0.2, -0.15) is 12.6 Å². The maximum absolute atomic E-state index is 12.6. The van der Waals surface area contributed by atoms with E-state index in [2.05, 4.69) is 23.3 Å². The number of thiol groups is 1. The Labute approximate surface area is 180 Å². The first-order chi connectivity index (χ1) is 14.2. The first-order valence-corrected chi connectivity index (χ1v) is 10.4. The number of hydrogen-bond acceptors (Lipinski definition) is 6. The molecular formula is C20H28N4O5S. The third-order valence-electron chi connectivity index (χ3n) is 5.00. The zero-order valence-electron chi connectivity index (χ0n) is 16.8. The lowest BCUT2D eigenvalue weighted by atomic mass is 10.1. The summed E-state index contributed by atoms with van der Waals surface area (Å²) in [5.41, 5.74) is 6.50. The van der Waals surface area contributed by atoms with Gasteiger partial charge in [0.2, 0.25) is 17.7 Å². The number of nitrogens with one attached hydrogen (secondary N) is 2. The molecule has 0 aliphatic carbocycles. The molecule has 1 heterocycles. The number of benzene rings is 1. The molecule has 0 spiro atoms. The van der Waals surface area contributed by atoms with Crippen LogP contribution in [0.5, 0.6) is 0 Å². The Hall–Kier alpha value is -2.59. The monoisotopic (exact) mass is 436 g/mol. The number of rotatable bonds is 9. The summed E-state index contributed by atoms with van der Waals surface area (Å²) >= 11 is 4.02. The number of carboxylic acid groups (broad SMARTS) is 1. The molecule has 0 aromatic heterocycles. The van der Waals surface area contributed by atoms with Gasteiger partial charge < -0.3 is 26.4 Å². The summed E-state index contributed by atoms with van der Waals surface area (Å²) < 4.78 is 0. The Morgan fingerprint density at radius 3 is 2.50 bits per heavy atom. The highest BCUT2D eigenvalue weighted by molar-refractivity contribution is 7.80. The van der Waals surface area contributed by atoms with E-state index in [-0.39, 0.29) is 18.1 Å². The SMILES string of the molecule is CC(NC(=O)C1CCCN1C(=O)C(N)CS)C(=O)NC(Cc1ccccc1)C(=O)O. The minimum absolute atomic E-state index is 0.120. The Morgan fingerprint density at radius 1 is 1.23 bits per heavy atom. The number of carbonyl (C=O) groups excluding carboxylic acids is 3. The molecule has 5 N–H and O–H groups in total. The van der Waals surface area contributed by atoms with Gasteiger partial charge in [-0.3, -0.25) is 14.4 Å². The van der Waals surface area contributed by atoms with Crippen molar-refractivity contribution in [1.29, 1.82) is 0 Å². The fourth-order valence-electron chi connectivity index (χ4n) is 3.32. The van der Waals surface area contributed by atoms with Gasteiger partial charge in [-0.25, -0.2) is 4.79 Å². The summed E-state index contributed by atoms with van der Waals surface area (Å²) in [4.78, 5) is 50.4. The van der Waals surface area contributed by atoms with Crippen molar-refractivity contribution in [3.63, 3.8) is 0 Å². The molecule has 10 heteroatoms. The molecule has 9 nitrogen and oxygen atoms in total. The molecule has 4 atom stereocenters. The maximum atomic E-state index is 12.6. The van der Waals surface area contributed by atoms with Crippen LogP contribution in [0.4, 0.5) is 0 Å². The van der Waals surface area contributed by atoms with E-state index >= 15 is 0 Å². The third-order valence-corrected chi connectivity index (χ3v) is 5.40. The van der Waals surface area contributed by atoms with E-state index < -0.39 is 42.0 Å². The van der Waals surface area contributed by atoms with Crippen LogP contribution < -0.4 is 16.4 Å². The molecule has 2 rings (SSSR count). The fraction of sp³-hybridized carbons (Fsp3) is 0.500. The van der Waals surface area contributed by atoms with Crippen LogP contribution in [-0.4, -0.2) is 70.2 Å². The highest BCUT2D eigenvalue weighted by atomic mass is 32.1. The van der Waals surface area contributed by atoms with Crippen molar-refractivity contribution in [3.8, 4) is 0 Å². The van der Waals surface area contributed by atoms with Gasteiger partial charge in [-0.15, -0.1) is 0 Å². The van der Waals surface area contributed by atoms with Crippen molar-refractivity contribution >= 4 is 36.3 Å². The zero-order chi connectivity index (χ0) is 22.3. The van der Waals surface area contributed by atoms with Gasteiger partial charge in [0, 0.05) is 18.7 Å². The molecule has 0 bridgehead atoms. The summed E-state index contributed by atoms with van der Waals surface area (Å²) in [5, 5.41) is 14.5. The molecule has 0 radical (unpaired) electrons. The molecule has 30 heavy (non-hydrogen) atoms. The van der Waals surface area contributed by atoms with Crippen molar-refractivity contribution < 1.29 is 24.3 Å². The Bertz CT molecular complexity index is 776. The second-order valence-corrected chi connectivity index (χ2v) is 7.66. The smallest absolute Gasteiger partial charge is 0.326 e. The van der Waals surface area contributed by atoms with E-state index in [0.717, 1.165) is 5.56 Å². The Kier molecular flexibility index (Phi) is 8.67. The summed E-state index contributed by atoms with van der Waals surface area (Å²) in [6, 6.07) is 5.33.